The summed E-state index contributed by atoms with van der Waals surface area (Å²) in [6.07, 6.45) is 5.09. The van der Waals surface area contributed by atoms with Gasteiger partial charge in [-0.1, -0.05) is 35.6 Å². The van der Waals surface area contributed by atoms with Crippen LogP contribution in [0.2, 0.25) is 0 Å². The minimum atomic E-state index is -0.316. The normalized spacial score (nSPS) is 11.1. The number of nitrogens with zero attached hydrogens (tertiary/aromatic N) is 3. The Kier molecular flexibility index (Phi) is 5.69. The second kappa shape index (κ2) is 8.56. The summed E-state index contributed by atoms with van der Waals surface area (Å²) in [5.74, 6) is -0.376. The summed E-state index contributed by atoms with van der Waals surface area (Å²) in [4.78, 5) is 29.8. The molecule has 150 valence electrons. The van der Waals surface area contributed by atoms with E-state index in [0.29, 0.717) is 15.7 Å². The lowest BCUT2D eigenvalue weighted by Crippen LogP contribution is -2.07. The number of thiophene rings is 1. The second-order valence-corrected chi connectivity index (χ2v) is 8.45. The van der Waals surface area contributed by atoms with Gasteiger partial charge in [-0.25, -0.2) is 9.67 Å². The van der Waals surface area contributed by atoms with Crippen LogP contribution in [0, 0.1) is 6.92 Å². The zero-order chi connectivity index (χ0) is 21.1. The Morgan fingerprint density at radius 1 is 1.13 bits per heavy atom. The van der Waals surface area contributed by atoms with E-state index in [9.17, 15) is 9.59 Å². The van der Waals surface area contributed by atoms with Crippen LogP contribution in [0.5, 0.6) is 0 Å². The third kappa shape index (κ3) is 4.29. The molecule has 0 saturated heterocycles. The number of rotatable bonds is 6. The monoisotopic (exact) mass is 434 g/mol. The number of carbonyl (C=O) groups excluding carboxylic acids is 2. The molecule has 1 amide bonds. The van der Waals surface area contributed by atoms with Crippen molar-refractivity contribution in [2.45, 2.75) is 13.8 Å². The van der Waals surface area contributed by atoms with Crippen molar-refractivity contribution in [1.82, 2.24) is 14.8 Å². The molecule has 3 aromatic heterocycles. The molecule has 4 aromatic rings. The van der Waals surface area contributed by atoms with Gasteiger partial charge in [0.05, 0.1) is 21.1 Å². The molecule has 1 aromatic carbocycles. The van der Waals surface area contributed by atoms with E-state index in [-0.39, 0.29) is 11.7 Å². The lowest BCUT2D eigenvalue weighted by atomic mass is 10.2. The van der Waals surface area contributed by atoms with Crippen LogP contribution in [0.25, 0.3) is 22.3 Å². The Morgan fingerprint density at radius 2 is 1.93 bits per heavy atom. The molecule has 8 heteroatoms. The molecule has 0 bridgehead atoms. The maximum atomic E-state index is 12.4. The van der Waals surface area contributed by atoms with E-state index in [4.69, 9.17) is 5.10 Å². The van der Waals surface area contributed by atoms with Gasteiger partial charge in [0.15, 0.2) is 10.9 Å². The number of aromatic nitrogens is 3. The van der Waals surface area contributed by atoms with Gasteiger partial charge >= 0.3 is 0 Å². The van der Waals surface area contributed by atoms with Crippen molar-refractivity contribution in [2.24, 2.45) is 0 Å². The van der Waals surface area contributed by atoms with Crippen molar-refractivity contribution >= 4 is 45.6 Å². The Labute approximate surface area is 181 Å². The summed E-state index contributed by atoms with van der Waals surface area (Å²) in [6.45, 7) is 3.24. The van der Waals surface area contributed by atoms with Gasteiger partial charge in [-0.15, -0.1) is 11.3 Å². The zero-order valence-electron chi connectivity index (χ0n) is 16.3. The minimum absolute atomic E-state index is 0.0602. The lowest BCUT2D eigenvalue weighted by Gasteiger charge is -1.99. The van der Waals surface area contributed by atoms with Gasteiger partial charge in [0, 0.05) is 24.8 Å². The van der Waals surface area contributed by atoms with E-state index in [1.54, 1.807) is 29.0 Å². The predicted octanol–water partition coefficient (Wildman–Crippen LogP) is 5.22. The maximum absolute atomic E-state index is 12.4. The van der Waals surface area contributed by atoms with Crippen LogP contribution in [0.15, 0.2) is 60.1 Å². The highest BCUT2D eigenvalue weighted by Crippen LogP contribution is 2.29. The average Bonchev–Trinajstić information content (AvgIpc) is 3.46. The number of nitrogens with one attached hydrogen (secondary N) is 1. The number of thiazole rings is 1. The highest BCUT2D eigenvalue weighted by atomic mass is 32.1. The first-order valence-corrected chi connectivity index (χ1v) is 10.9. The van der Waals surface area contributed by atoms with E-state index in [0.717, 1.165) is 21.8 Å². The van der Waals surface area contributed by atoms with Crippen molar-refractivity contribution in [3.8, 4) is 16.3 Å². The predicted molar refractivity (Wildman–Crippen MR) is 121 cm³/mol. The van der Waals surface area contributed by atoms with Crippen molar-refractivity contribution in [3.05, 3.63) is 76.3 Å². The molecule has 0 fully saturated rings. The molecule has 0 radical (unpaired) electrons. The van der Waals surface area contributed by atoms with Crippen LogP contribution in [-0.4, -0.2) is 26.5 Å². The van der Waals surface area contributed by atoms with Crippen LogP contribution >= 0.6 is 22.7 Å². The fourth-order valence-electron chi connectivity index (χ4n) is 2.92. The number of aryl methyl sites for hydroxylation is 1. The fraction of sp³-hybridized carbons (Fsp3) is 0.0909. The largest absolute Gasteiger partial charge is 0.298 e. The van der Waals surface area contributed by atoms with Crippen LogP contribution in [0.3, 0.4) is 0 Å². The molecule has 0 aliphatic rings. The van der Waals surface area contributed by atoms with E-state index in [1.807, 2.05) is 54.0 Å². The number of anilines is 1. The standard InChI is InChI=1S/C22H18N4O2S2/c1-14-21(15(2)27)30-22(23-14)24-19(28)11-10-16-13-26(17-7-4-3-5-8-17)25-20(16)18-9-6-12-29-18/h3-13H,1-2H3,(H,23,24,28)/b11-10+. The van der Waals surface area contributed by atoms with Gasteiger partial charge in [0.1, 0.15) is 5.69 Å². The zero-order valence-corrected chi connectivity index (χ0v) is 18.0. The number of hydrogen-bond acceptors (Lipinski definition) is 6. The van der Waals surface area contributed by atoms with Crippen LogP contribution in [0.1, 0.15) is 27.9 Å². The van der Waals surface area contributed by atoms with E-state index < -0.39 is 0 Å². The Bertz CT molecular complexity index is 1220. The molecule has 0 saturated carbocycles. The van der Waals surface area contributed by atoms with Crippen molar-refractivity contribution < 1.29 is 9.59 Å². The molecular weight excluding hydrogens is 416 g/mol. The molecule has 4 rings (SSSR count). The third-order valence-electron chi connectivity index (χ3n) is 4.28. The van der Waals surface area contributed by atoms with E-state index in [2.05, 4.69) is 10.3 Å². The van der Waals surface area contributed by atoms with Crippen LogP contribution in [-0.2, 0) is 4.79 Å². The van der Waals surface area contributed by atoms with E-state index >= 15 is 0 Å². The number of benzene rings is 1. The Hall–Kier alpha value is -3.36. The topological polar surface area (TPSA) is 76.9 Å². The molecule has 30 heavy (non-hydrogen) atoms. The first-order valence-electron chi connectivity index (χ1n) is 9.17. The summed E-state index contributed by atoms with van der Waals surface area (Å²) in [5.41, 5.74) is 3.20. The van der Waals surface area contributed by atoms with Crippen molar-refractivity contribution in [2.75, 3.05) is 5.32 Å². The van der Waals surface area contributed by atoms with Gasteiger partial charge in [-0.05, 0) is 36.6 Å². The molecular formula is C22H18N4O2S2. The molecule has 0 unspecified atom stereocenters. The molecule has 0 spiro atoms. The van der Waals surface area contributed by atoms with Gasteiger partial charge in [-0.2, -0.15) is 5.10 Å². The number of para-hydroxylation sites is 1. The summed E-state index contributed by atoms with van der Waals surface area (Å²) in [6, 6.07) is 13.8. The average molecular weight is 435 g/mol. The maximum Gasteiger partial charge on any atom is 0.250 e. The number of ketones is 1. The quantitative estimate of drug-likeness (QED) is 0.333. The Morgan fingerprint density at radius 3 is 2.60 bits per heavy atom. The molecule has 0 aliphatic carbocycles. The summed E-state index contributed by atoms with van der Waals surface area (Å²) >= 11 is 2.77. The molecule has 0 atom stereocenters. The number of Topliss-reactive ketones (excluding diaryl/α,β-unsaturated/α-hetero) is 1. The van der Waals surface area contributed by atoms with Gasteiger partial charge in [0.2, 0.25) is 5.91 Å². The fourth-order valence-corrected chi connectivity index (χ4v) is 4.51. The smallest absolute Gasteiger partial charge is 0.250 e. The molecule has 3 heterocycles. The molecule has 1 N–H and O–H groups in total. The summed E-state index contributed by atoms with van der Waals surface area (Å²) < 4.78 is 1.80. The number of amides is 1. The van der Waals surface area contributed by atoms with Crippen LogP contribution < -0.4 is 5.32 Å². The van der Waals surface area contributed by atoms with Gasteiger partial charge in [-0.3, -0.25) is 14.9 Å². The molecule has 0 aliphatic heterocycles. The first-order chi connectivity index (χ1) is 14.5. The molecule has 6 nitrogen and oxygen atoms in total. The highest BCUT2D eigenvalue weighted by molar-refractivity contribution is 7.17. The van der Waals surface area contributed by atoms with Crippen LogP contribution in [0.4, 0.5) is 5.13 Å². The number of carbonyl (C=O) groups is 2. The SMILES string of the molecule is CC(=O)c1sc(NC(=O)/C=C/c2cn(-c3ccccc3)nc2-c2cccs2)nc1C. The summed E-state index contributed by atoms with van der Waals surface area (Å²) in [7, 11) is 0. The lowest BCUT2D eigenvalue weighted by molar-refractivity contribution is -0.111. The van der Waals surface area contributed by atoms with Crippen molar-refractivity contribution in [3.63, 3.8) is 0 Å². The van der Waals surface area contributed by atoms with Gasteiger partial charge in [0.25, 0.3) is 0 Å². The second-order valence-electron chi connectivity index (χ2n) is 6.50. The number of hydrogen-bond donors (Lipinski definition) is 1. The third-order valence-corrected chi connectivity index (χ3v) is 6.33. The van der Waals surface area contributed by atoms with E-state index in [1.165, 1.54) is 24.3 Å². The Balaban J connectivity index is 1.59. The first kappa shape index (κ1) is 19.9. The summed E-state index contributed by atoms with van der Waals surface area (Å²) in [5, 5.41) is 9.84. The van der Waals surface area contributed by atoms with Gasteiger partial charge < -0.3 is 0 Å². The van der Waals surface area contributed by atoms with Crippen molar-refractivity contribution in [1.29, 1.82) is 0 Å². The highest BCUT2D eigenvalue weighted by Gasteiger charge is 2.14. The minimum Gasteiger partial charge on any atom is -0.298 e.